The van der Waals surface area contributed by atoms with Crippen LogP contribution in [-0.2, 0) is 12.7 Å². The molecule has 1 amide bonds. The number of benzene rings is 1. The number of alkyl halides is 3. The van der Waals surface area contributed by atoms with E-state index in [9.17, 15) is 18.0 Å². The zero-order valence-electron chi connectivity index (χ0n) is 16.9. The van der Waals surface area contributed by atoms with Crippen molar-refractivity contribution in [2.45, 2.75) is 51.4 Å². The van der Waals surface area contributed by atoms with Crippen molar-refractivity contribution >= 4 is 28.5 Å². The topological polar surface area (TPSA) is 59.8 Å². The summed E-state index contributed by atoms with van der Waals surface area (Å²) in [6.07, 6.45) is 0.493. The van der Waals surface area contributed by atoms with Gasteiger partial charge in [0.1, 0.15) is 0 Å². The number of hydrogen-bond acceptors (Lipinski definition) is 3. The average molecular weight is 451 g/mol. The maximum absolute atomic E-state index is 13.0. The van der Waals surface area contributed by atoms with Gasteiger partial charge in [-0.2, -0.15) is 18.3 Å². The molecule has 0 atom stereocenters. The third kappa shape index (κ3) is 4.69. The lowest BCUT2D eigenvalue weighted by Crippen LogP contribution is -2.38. The minimum Gasteiger partial charge on any atom is -0.349 e. The van der Waals surface area contributed by atoms with E-state index < -0.39 is 17.6 Å². The first-order valence-electron chi connectivity index (χ1n) is 10.2. The molecule has 0 radical (unpaired) electrons. The Hall–Kier alpha value is -2.61. The summed E-state index contributed by atoms with van der Waals surface area (Å²) < 4.78 is 40.8. The van der Waals surface area contributed by atoms with Crippen molar-refractivity contribution in [3.63, 3.8) is 0 Å². The number of halogens is 4. The number of nitrogens with one attached hydrogen (secondary N) is 1. The Labute approximate surface area is 182 Å². The van der Waals surface area contributed by atoms with Gasteiger partial charge in [0.2, 0.25) is 0 Å². The van der Waals surface area contributed by atoms with Crippen molar-refractivity contribution < 1.29 is 18.0 Å². The fourth-order valence-electron chi connectivity index (χ4n) is 4.17. The van der Waals surface area contributed by atoms with Gasteiger partial charge in [0.25, 0.3) is 5.91 Å². The minimum absolute atomic E-state index is 0.00705. The van der Waals surface area contributed by atoms with E-state index in [0.717, 1.165) is 67.2 Å². The van der Waals surface area contributed by atoms with Gasteiger partial charge < -0.3 is 5.32 Å². The van der Waals surface area contributed by atoms with Crippen LogP contribution in [0.1, 0.15) is 47.3 Å². The Kier molecular flexibility index (Phi) is 5.92. The predicted octanol–water partition coefficient (Wildman–Crippen LogP) is 5.40. The number of aryl methyl sites for hydroxylation is 1. The molecule has 0 unspecified atom stereocenters. The molecule has 0 aliphatic heterocycles. The maximum Gasteiger partial charge on any atom is 0.416 e. The molecule has 3 aromatic rings. The summed E-state index contributed by atoms with van der Waals surface area (Å²) in [4.78, 5) is 17.0. The zero-order valence-corrected chi connectivity index (χ0v) is 17.7. The summed E-state index contributed by atoms with van der Waals surface area (Å²) in [5.41, 5.74) is 0.779. The van der Waals surface area contributed by atoms with E-state index in [0.29, 0.717) is 5.92 Å². The molecule has 1 N–H and O–H groups in total. The van der Waals surface area contributed by atoms with Crippen LogP contribution in [0.3, 0.4) is 0 Å². The van der Waals surface area contributed by atoms with Crippen LogP contribution in [-0.4, -0.2) is 26.7 Å². The average Bonchev–Trinajstić information content (AvgIpc) is 3.04. The van der Waals surface area contributed by atoms with Gasteiger partial charge in [-0.15, -0.1) is 0 Å². The third-order valence-corrected chi connectivity index (χ3v) is 6.17. The predicted molar refractivity (Wildman–Crippen MR) is 112 cm³/mol. The highest BCUT2D eigenvalue weighted by Crippen LogP contribution is 2.32. The lowest BCUT2D eigenvalue weighted by molar-refractivity contribution is -0.137. The molecular weight excluding hydrogens is 429 g/mol. The van der Waals surface area contributed by atoms with Crippen molar-refractivity contribution in [3.05, 3.63) is 58.4 Å². The van der Waals surface area contributed by atoms with Crippen molar-refractivity contribution in [2.75, 3.05) is 0 Å². The van der Waals surface area contributed by atoms with Gasteiger partial charge in [-0.1, -0.05) is 11.6 Å². The first kappa shape index (κ1) is 21.6. The number of pyridine rings is 1. The number of carbonyl (C=O) groups excluding carboxylic acids is 1. The van der Waals surface area contributed by atoms with Gasteiger partial charge in [0.05, 0.1) is 21.8 Å². The Morgan fingerprint density at radius 3 is 2.68 bits per heavy atom. The number of rotatable bonds is 4. The smallest absolute Gasteiger partial charge is 0.349 e. The SMILES string of the molecule is Cc1nn(CC2CCC(NC(=O)c3cc(C(F)(F)F)ccc3Cl)CC2)c2ncccc12. The second-order valence-corrected chi connectivity index (χ2v) is 8.43. The highest BCUT2D eigenvalue weighted by molar-refractivity contribution is 6.33. The summed E-state index contributed by atoms with van der Waals surface area (Å²) in [5.74, 6) is -0.174. The maximum atomic E-state index is 13.0. The Morgan fingerprint density at radius 1 is 1.23 bits per heavy atom. The van der Waals surface area contributed by atoms with Gasteiger partial charge in [0, 0.05) is 24.2 Å². The van der Waals surface area contributed by atoms with Crippen molar-refractivity contribution in [1.82, 2.24) is 20.1 Å². The fraction of sp³-hybridized carbons (Fsp3) is 0.409. The van der Waals surface area contributed by atoms with E-state index in [4.69, 9.17) is 11.6 Å². The molecule has 0 spiro atoms. The van der Waals surface area contributed by atoms with E-state index in [1.54, 1.807) is 6.20 Å². The summed E-state index contributed by atoms with van der Waals surface area (Å²) in [6, 6.07) is 6.60. The van der Waals surface area contributed by atoms with Crippen LogP contribution < -0.4 is 5.32 Å². The lowest BCUT2D eigenvalue weighted by Gasteiger charge is -2.29. The molecule has 0 bridgehead atoms. The van der Waals surface area contributed by atoms with Gasteiger partial charge in [0.15, 0.2) is 5.65 Å². The lowest BCUT2D eigenvalue weighted by atomic mass is 9.86. The molecule has 4 rings (SSSR count). The molecule has 1 saturated carbocycles. The van der Waals surface area contributed by atoms with Crippen molar-refractivity contribution in [2.24, 2.45) is 5.92 Å². The van der Waals surface area contributed by atoms with E-state index >= 15 is 0 Å². The van der Waals surface area contributed by atoms with Crippen LogP contribution in [0.5, 0.6) is 0 Å². The molecule has 2 aromatic heterocycles. The summed E-state index contributed by atoms with van der Waals surface area (Å²) in [5, 5.41) is 8.50. The Bertz CT molecular complexity index is 1100. The number of aromatic nitrogens is 3. The Balaban J connectivity index is 1.37. The van der Waals surface area contributed by atoms with Gasteiger partial charge in [-0.3, -0.25) is 4.79 Å². The summed E-state index contributed by atoms with van der Waals surface area (Å²) >= 11 is 5.98. The molecule has 164 valence electrons. The molecule has 2 heterocycles. The molecule has 1 fully saturated rings. The van der Waals surface area contributed by atoms with E-state index in [1.165, 1.54) is 0 Å². The minimum atomic E-state index is -4.53. The van der Waals surface area contributed by atoms with Crippen LogP contribution in [0.2, 0.25) is 5.02 Å². The van der Waals surface area contributed by atoms with Crippen LogP contribution in [0.15, 0.2) is 36.5 Å². The molecule has 1 aliphatic rings. The molecular formula is C22H22ClF3N4O. The molecule has 31 heavy (non-hydrogen) atoms. The molecule has 0 saturated heterocycles. The van der Waals surface area contributed by atoms with Gasteiger partial charge in [-0.25, -0.2) is 9.67 Å². The summed E-state index contributed by atoms with van der Waals surface area (Å²) in [7, 11) is 0. The number of carbonyl (C=O) groups is 1. The number of hydrogen-bond donors (Lipinski definition) is 1. The highest BCUT2D eigenvalue weighted by Gasteiger charge is 2.32. The normalized spacial score (nSPS) is 19.5. The Morgan fingerprint density at radius 2 is 1.97 bits per heavy atom. The monoisotopic (exact) mass is 450 g/mol. The molecule has 5 nitrogen and oxygen atoms in total. The molecule has 9 heteroatoms. The van der Waals surface area contributed by atoms with E-state index in [-0.39, 0.29) is 16.6 Å². The van der Waals surface area contributed by atoms with Crippen molar-refractivity contribution in [1.29, 1.82) is 0 Å². The second kappa shape index (κ2) is 8.49. The largest absolute Gasteiger partial charge is 0.416 e. The van der Waals surface area contributed by atoms with Crippen LogP contribution in [0.25, 0.3) is 11.0 Å². The number of fused-ring (bicyclic) bond motifs is 1. The standard InChI is InChI=1S/C22H22ClF3N4O/c1-13-17-3-2-10-27-20(17)30(29-13)12-14-4-7-16(8-5-14)28-21(31)18-11-15(22(24,25)26)6-9-19(18)23/h2-3,6,9-11,14,16H,4-5,7-8,12H2,1H3,(H,28,31). The number of amides is 1. The highest BCUT2D eigenvalue weighted by atomic mass is 35.5. The van der Waals surface area contributed by atoms with E-state index in [1.807, 2.05) is 23.7 Å². The van der Waals surface area contributed by atoms with Crippen LogP contribution in [0.4, 0.5) is 13.2 Å². The molecule has 1 aromatic carbocycles. The second-order valence-electron chi connectivity index (χ2n) is 8.03. The first-order valence-corrected chi connectivity index (χ1v) is 10.6. The first-order chi connectivity index (χ1) is 14.7. The quantitative estimate of drug-likeness (QED) is 0.579. The fourth-order valence-corrected chi connectivity index (χ4v) is 4.37. The van der Waals surface area contributed by atoms with Crippen molar-refractivity contribution in [3.8, 4) is 0 Å². The van der Waals surface area contributed by atoms with E-state index in [2.05, 4.69) is 15.4 Å². The zero-order chi connectivity index (χ0) is 22.2. The van der Waals surface area contributed by atoms with Crippen LogP contribution in [0, 0.1) is 12.8 Å². The third-order valence-electron chi connectivity index (χ3n) is 5.84. The number of nitrogens with zero attached hydrogens (tertiary/aromatic N) is 3. The van der Waals surface area contributed by atoms with Gasteiger partial charge in [-0.05, 0) is 68.9 Å². The van der Waals surface area contributed by atoms with Crippen LogP contribution >= 0.6 is 11.6 Å². The van der Waals surface area contributed by atoms with Gasteiger partial charge >= 0.3 is 6.18 Å². The molecule has 1 aliphatic carbocycles. The summed E-state index contributed by atoms with van der Waals surface area (Å²) in [6.45, 7) is 2.72.